The van der Waals surface area contributed by atoms with Crippen molar-refractivity contribution in [2.75, 3.05) is 5.32 Å². The minimum absolute atomic E-state index is 0.0443. The Balaban J connectivity index is 1.50. The highest BCUT2D eigenvalue weighted by atomic mass is 32.2. The minimum Gasteiger partial charge on any atom is -0.322 e. The molecular formula is C27H26N2O4S. The van der Waals surface area contributed by atoms with Gasteiger partial charge in [0.25, 0.3) is 21.8 Å². The van der Waals surface area contributed by atoms with Gasteiger partial charge in [-0.1, -0.05) is 61.0 Å². The van der Waals surface area contributed by atoms with Crippen molar-refractivity contribution in [2.45, 2.75) is 33.7 Å². The molecule has 0 radical (unpaired) electrons. The van der Waals surface area contributed by atoms with Gasteiger partial charge in [-0.05, 0) is 61.2 Å². The monoisotopic (exact) mass is 474 g/mol. The lowest BCUT2D eigenvalue weighted by Crippen LogP contribution is -2.30. The van der Waals surface area contributed by atoms with Crippen molar-refractivity contribution in [3.05, 3.63) is 106 Å². The van der Waals surface area contributed by atoms with Crippen LogP contribution in [-0.2, 0) is 27.8 Å². The highest BCUT2D eigenvalue weighted by Gasteiger charge is 2.42. The van der Waals surface area contributed by atoms with Gasteiger partial charge >= 0.3 is 0 Å². The van der Waals surface area contributed by atoms with E-state index < -0.39 is 15.9 Å². The summed E-state index contributed by atoms with van der Waals surface area (Å²) in [5, 5.41) is 2.87. The molecule has 0 bridgehead atoms. The largest absolute Gasteiger partial charge is 0.322 e. The molecule has 7 heteroatoms. The fourth-order valence-electron chi connectivity index (χ4n) is 3.92. The molecule has 0 atom stereocenters. The van der Waals surface area contributed by atoms with Gasteiger partial charge in [0.2, 0.25) is 0 Å². The van der Waals surface area contributed by atoms with Gasteiger partial charge in [-0.15, -0.1) is 0 Å². The Hall–Kier alpha value is -3.71. The van der Waals surface area contributed by atoms with E-state index in [4.69, 9.17) is 0 Å². The summed E-state index contributed by atoms with van der Waals surface area (Å²) in [5.74, 6) is -0.794. The van der Waals surface area contributed by atoms with E-state index in [1.165, 1.54) is 6.92 Å². The van der Waals surface area contributed by atoms with Gasteiger partial charge < -0.3 is 5.32 Å². The zero-order chi connectivity index (χ0) is 24.5. The van der Waals surface area contributed by atoms with Gasteiger partial charge in [-0.25, -0.2) is 12.7 Å². The zero-order valence-electron chi connectivity index (χ0n) is 19.3. The van der Waals surface area contributed by atoms with E-state index in [1.807, 2.05) is 50.2 Å². The number of hydrogen-bond acceptors (Lipinski definition) is 4. The Kier molecular flexibility index (Phi) is 6.39. The number of rotatable bonds is 6. The van der Waals surface area contributed by atoms with Crippen molar-refractivity contribution in [2.24, 2.45) is 0 Å². The maximum Gasteiger partial charge on any atom is 0.268 e. The summed E-state index contributed by atoms with van der Waals surface area (Å²) in [7, 11) is -3.98. The number of nitrogens with zero attached hydrogens (tertiary/aromatic N) is 1. The second-order valence-electron chi connectivity index (χ2n) is 8.34. The predicted molar refractivity (Wildman–Crippen MR) is 133 cm³/mol. The molecule has 1 aliphatic rings. The molecule has 34 heavy (non-hydrogen) atoms. The predicted octanol–water partition coefficient (Wildman–Crippen LogP) is 4.91. The molecule has 0 fully saturated rings. The van der Waals surface area contributed by atoms with Crippen LogP contribution in [0.25, 0.3) is 4.91 Å². The van der Waals surface area contributed by atoms with Gasteiger partial charge in [0.15, 0.2) is 0 Å². The Morgan fingerprint density at radius 2 is 1.59 bits per heavy atom. The molecule has 0 aliphatic carbocycles. The van der Waals surface area contributed by atoms with Crippen LogP contribution < -0.4 is 5.32 Å². The standard InChI is InChI=1S/C27H26N2O4S/c1-4-20-6-5-7-24(16-20)28-26(30)23-14-10-21(11-15-23)17-29-27(31)19(3)25(34(29,32)33)22-12-8-18(2)9-13-22/h5-16H,4,17H2,1-3H3,(H,28,30). The lowest BCUT2D eigenvalue weighted by molar-refractivity contribution is -0.122. The third kappa shape index (κ3) is 4.52. The average Bonchev–Trinajstić information content (AvgIpc) is 2.99. The maximum atomic E-state index is 13.2. The normalized spacial score (nSPS) is 15.0. The third-order valence-electron chi connectivity index (χ3n) is 5.89. The topological polar surface area (TPSA) is 83.6 Å². The lowest BCUT2D eigenvalue weighted by atomic mass is 10.1. The highest BCUT2D eigenvalue weighted by Crippen LogP contribution is 2.36. The number of aryl methyl sites for hydroxylation is 2. The van der Waals surface area contributed by atoms with Crippen molar-refractivity contribution >= 4 is 32.4 Å². The molecule has 6 nitrogen and oxygen atoms in total. The molecular weight excluding hydrogens is 448 g/mol. The van der Waals surface area contributed by atoms with E-state index in [0.29, 0.717) is 22.4 Å². The van der Waals surface area contributed by atoms with Crippen molar-refractivity contribution in [1.82, 2.24) is 4.31 Å². The smallest absolute Gasteiger partial charge is 0.268 e. The molecule has 3 aromatic rings. The SMILES string of the molecule is CCc1cccc(NC(=O)c2ccc(CN3C(=O)C(C)=C(c4ccc(C)cc4)S3(=O)=O)cc2)c1. The quantitative estimate of drug-likeness (QED) is 0.550. The maximum absolute atomic E-state index is 13.2. The second kappa shape index (κ2) is 9.27. The minimum atomic E-state index is -3.98. The molecule has 1 N–H and O–H groups in total. The first-order chi connectivity index (χ1) is 16.2. The number of benzene rings is 3. The molecule has 3 aromatic carbocycles. The summed E-state index contributed by atoms with van der Waals surface area (Å²) in [6.45, 7) is 5.40. The first kappa shape index (κ1) is 23.4. The van der Waals surface area contributed by atoms with E-state index in [9.17, 15) is 18.0 Å². The first-order valence-electron chi connectivity index (χ1n) is 11.0. The van der Waals surface area contributed by atoms with Crippen LogP contribution in [0, 0.1) is 6.92 Å². The van der Waals surface area contributed by atoms with Gasteiger partial charge in [0.1, 0.15) is 4.91 Å². The molecule has 0 aromatic heterocycles. The number of carbonyl (C=O) groups is 2. The van der Waals surface area contributed by atoms with Crippen LogP contribution in [-0.4, -0.2) is 24.5 Å². The first-order valence-corrected chi connectivity index (χ1v) is 12.5. The van der Waals surface area contributed by atoms with Crippen LogP contribution in [0.3, 0.4) is 0 Å². The fourth-order valence-corrected chi connectivity index (χ4v) is 5.73. The van der Waals surface area contributed by atoms with E-state index >= 15 is 0 Å². The Morgan fingerprint density at radius 3 is 2.24 bits per heavy atom. The number of anilines is 1. The van der Waals surface area contributed by atoms with E-state index in [0.717, 1.165) is 21.9 Å². The van der Waals surface area contributed by atoms with Crippen molar-refractivity contribution in [3.8, 4) is 0 Å². The average molecular weight is 475 g/mol. The van der Waals surface area contributed by atoms with Crippen LogP contribution in [0.4, 0.5) is 5.69 Å². The number of amides is 2. The molecule has 4 rings (SSSR count). The lowest BCUT2D eigenvalue weighted by Gasteiger charge is -2.17. The summed E-state index contributed by atoms with van der Waals surface area (Å²) >= 11 is 0. The van der Waals surface area contributed by atoms with Gasteiger partial charge in [-0.3, -0.25) is 9.59 Å². The summed E-state index contributed by atoms with van der Waals surface area (Å²) in [6, 6.07) is 21.3. The Bertz CT molecular complexity index is 1390. The van der Waals surface area contributed by atoms with Crippen molar-refractivity contribution in [1.29, 1.82) is 0 Å². The molecule has 0 saturated carbocycles. The Morgan fingerprint density at radius 1 is 0.912 bits per heavy atom. The van der Waals surface area contributed by atoms with E-state index in [1.54, 1.807) is 36.4 Å². The van der Waals surface area contributed by atoms with Crippen molar-refractivity contribution in [3.63, 3.8) is 0 Å². The number of carbonyl (C=O) groups excluding carboxylic acids is 2. The molecule has 0 spiro atoms. The van der Waals surface area contributed by atoms with Crippen LogP contribution in [0.5, 0.6) is 0 Å². The van der Waals surface area contributed by atoms with Crippen LogP contribution >= 0.6 is 0 Å². The molecule has 174 valence electrons. The summed E-state index contributed by atoms with van der Waals surface area (Å²) in [4.78, 5) is 25.5. The molecule has 1 heterocycles. The van der Waals surface area contributed by atoms with Crippen LogP contribution in [0.1, 0.15) is 46.5 Å². The van der Waals surface area contributed by atoms with Crippen LogP contribution in [0.15, 0.2) is 78.4 Å². The number of sulfonamides is 1. The second-order valence-corrected chi connectivity index (χ2v) is 10.1. The fraction of sp³-hybridized carbons (Fsp3) is 0.185. The summed E-state index contributed by atoms with van der Waals surface area (Å²) in [6.07, 6.45) is 0.872. The summed E-state index contributed by atoms with van der Waals surface area (Å²) < 4.78 is 27.3. The van der Waals surface area contributed by atoms with Crippen molar-refractivity contribution < 1.29 is 18.0 Å². The van der Waals surface area contributed by atoms with Gasteiger partial charge in [0.05, 0.1) is 6.54 Å². The Labute approximate surface area is 200 Å². The highest BCUT2D eigenvalue weighted by molar-refractivity contribution is 7.99. The number of hydrogen-bond donors (Lipinski definition) is 1. The number of nitrogens with one attached hydrogen (secondary N) is 1. The molecule has 0 unspecified atom stereocenters. The summed E-state index contributed by atoms with van der Waals surface area (Å²) in [5.41, 5.74) is 4.59. The van der Waals surface area contributed by atoms with E-state index in [2.05, 4.69) is 5.32 Å². The molecule has 0 saturated heterocycles. The van der Waals surface area contributed by atoms with E-state index in [-0.39, 0.29) is 22.9 Å². The van der Waals surface area contributed by atoms with Gasteiger partial charge in [0, 0.05) is 16.8 Å². The van der Waals surface area contributed by atoms with Crippen LogP contribution in [0.2, 0.25) is 0 Å². The zero-order valence-corrected chi connectivity index (χ0v) is 20.1. The third-order valence-corrected chi connectivity index (χ3v) is 7.82. The molecule has 2 amide bonds. The van der Waals surface area contributed by atoms with Gasteiger partial charge in [-0.2, -0.15) is 0 Å². The molecule has 1 aliphatic heterocycles.